The zero-order valence-corrected chi connectivity index (χ0v) is 24.6. The van der Waals surface area contributed by atoms with Crippen LogP contribution in [0.5, 0.6) is 5.75 Å². The van der Waals surface area contributed by atoms with E-state index < -0.39 is 5.60 Å². The van der Waals surface area contributed by atoms with Crippen molar-refractivity contribution >= 4 is 56.3 Å². The molecule has 9 nitrogen and oxygen atoms in total. The Morgan fingerprint density at radius 2 is 1.78 bits per heavy atom. The highest BCUT2D eigenvalue weighted by atomic mass is 79.9. The molecule has 3 fully saturated rings. The molecule has 202 valence electrons. The first-order valence-electron chi connectivity index (χ1n) is 13.0. The maximum absolute atomic E-state index is 12.6. The summed E-state index contributed by atoms with van der Waals surface area (Å²) in [5, 5.41) is 1.43. The smallest absolute Gasteiger partial charge is 0.410 e. The van der Waals surface area contributed by atoms with Gasteiger partial charge < -0.3 is 29.1 Å². The summed E-state index contributed by atoms with van der Waals surface area (Å²) in [6.45, 7) is 9.81. The van der Waals surface area contributed by atoms with E-state index in [1.54, 1.807) is 4.90 Å². The van der Waals surface area contributed by atoms with E-state index in [0.29, 0.717) is 48.9 Å². The van der Waals surface area contributed by atoms with Gasteiger partial charge in [-0.05, 0) is 76.1 Å². The zero-order valence-electron chi connectivity index (χ0n) is 22.3. The van der Waals surface area contributed by atoms with Crippen LogP contribution in [0.3, 0.4) is 0 Å². The molecular weight excluding hydrogens is 560 g/mol. The van der Waals surface area contributed by atoms with Gasteiger partial charge in [-0.1, -0.05) is 11.6 Å². The number of benzene rings is 1. The zero-order chi connectivity index (χ0) is 26.5. The van der Waals surface area contributed by atoms with Crippen molar-refractivity contribution in [1.82, 2.24) is 19.8 Å². The lowest BCUT2D eigenvalue weighted by molar-refractivity contribution is 0.0240. The molecule has 3 aliphatic rings. The second-order valence-corrected chi connectivity index (χ2v) is 12.6. The van der Waals surface area contributed by atoms with Crippen LogP contribution in [0.2, 0.25) is 5.02 Å². The summed E-state index contributed by atoms with van der Waals surface area (Å²) < 4.78 is 12.6. The molecule has 1 aromatic carbocycles. The third-order valence-electron chi connectivity index (χ3n) is 7.03. The molecule has 0 bridgehead atoms. The van der Waals surface area contributed by atoms with Crippen molar-refractivity contribution in [3.63, 3.8) is 0 Å². The largest absolute Gasteiger partial charge is 0.487 e. The lowest BCUT2D eigenvalue weighted by Gasteiger charge is -2.36. The van der Waals surface area contributed by atoms with Crippen molar-refractivity contribution in [2.24, 2.45) is 0 Å². The Kier molecular flexibility index (Phi) is 7.37. The van der Waals surface area contributed by atoms with E-state index in [1.165, 1.54) is 0 Å². The molecule has 11 heteroatoms. The molecule has 5 rings (SSSR count). The Hall–Kier alpha value is -2.04. The van der Waals surface area contributed by atoms with E-state index in [2.05, 4.69) is 44.7 Å². The number of carbonyl (C=O) groups is 1. The molecule has 2 saturated heterocycles. The molecule has 1 atom stereocenters. The maximum Gasteiger partial charge on any atom is 0.410 e. The van der Waals surface area contributed by atoms with Gasteiger partial charge in [0.2, 0.25) is 5.95 Å². The molecule has 0 N–H and O–H groups in total. The lowest BCUT2D eigenvalue weighted by Crippen LogP contribution is -2.50. The number of halogens is 2. The number of anilines is 2. The summed E-state index contributed by atoms with van der Waals surface area (Å²) in [6.07, 6.45) is 3.05. The van der Waals surface area contributed by atoms with Crippen molar-refractivity contribution in [2.75, 3.05) is 63.2 Å². The van der Waals surface area contributed by atoms with Crippen LogP contribution in [-0.2, 0) is 4.74 Å². The predicted octanol–water partition coefficient (Wildman–Crippen LogP) is 4.78. The van der Waals surface area contributed by atoms with Crippen molar-refractivity contribution < 1.29 is 14.3 Å². The Bertz CT molecular complexity index is 1180. The summed E-state index contributed by atoms with van der Waals surface area (Å²) in [7, 11) is 4.23. The number of hydrogen-bond donors (Lipinski definition) is 0. The van der Waals surface area contributed by atoms with Crippen LogP contribution in [0.1, 0.15) is 40.0 Å². The van der Waals surface area contributed by atoms with Gasteiger partial charge >= 0.3 is 6.09 Å². The topological polar surface area (TPSA) is 74.3 Å². The highest BCUT2D eigenvalue weighted by molar-refractivity contribution is 9.10. The first-order valence-corrected chi connectivity index (χ1v) is 14.2. The van der Waals surface area contributed by atoms with Gasteiger partial charge in [0.25, 0.3) is 0 Å². The normalized spacial score (nSPS) is 20.8. The fraction of sp³-hybridized carbons (Fsp3) is 0.654. The van der Waals surface area contributed by atoms with Crippen LogP contribution in [0.25, 0.3) is 10.9 Å². The molecule has 1 amide bonds. The highest BCUT2D eigenvalue weighted by Crippen LogP contribution is 2.44. The summed E-state index contributed by atoms with van der Waals surface area (Å²) in [4.78, 5) is 31.3. The van der Waals surface area contributed by atoms with Gasteiger partial charge in [-0.25, -0.2) is 9.78 Å². The van der Waals surface area contributed by atoms with Crippen molar-refractivity contribution in [3.8, 4) is 5.75 Å². The highest BCUT2D eigenvalue weighted by Gasteiger charge is 2.32. The predicted molar refractivity (Wildman–Crippen MR) is 150 cm³/mol. The van der Waals surface area contributed by atoms with Crippen LogP contribution in [-0.4, -0.2) is 97.0 Å². The van der Waals surface area contributed by atoms with Gasteiger partial charge in [0.1, 0.15) is 16.9 Å². The molecule has 1 aliphatic carbocycles. The van der Waals surface area contributed by atoms with Crippen molar-refractivity contribution in [3.05, 3.63) is 15.6 Å². The van der Waals surface area contributed by atoms with Gasteiger partial charge in [-0.15, -0.1) is 0 Å². The molecule has 1 saturated carbocycles. The average Bonchev–Trinajstić information content (AvgIpc) is 3.52. The van der Waals surface area contributed by atoms with Crippen LogP contribution >= 0.6 is 27.5 Å². The lowest BCUT2D eigenvalue weighted by atomic mass is 10.2. The van der Waals surface area contributed by atoms with E-state index in [0.717, 1.165) is 53.5 Å². The second kappa shape index (κ2) is 10.3. The minimum Gasteiger partial charge on any atom is -0.487 e. The molecule has 2 aromatic rings. The van der Waals surface area contributed by atoms with E-state index in [4.69, 9.17) is 31.0 Å². The molecule has 1 aromatic heterocycles. The monoisotopic (exact) mass is 594 g/mol. The molecule has 1 unspecified atom stereocenters. The van der Waals surface area contributed by atoms with E-state index in [9.17, 15) is 4.79 Å². The minimum atomic E-state index is -0.520. The number of aromatic nitrogens is 2. The van der Waals surface area contributed by atoms with E-state index in [1.807, 2.05) is 26.8 Å². The third-order valence-corrected chi connectivity index (χ3v) is 8.34. The number of carbonyl (C=O) groups excluding carboxylic acids is 1. The van der Waals surface area contributed by atoms with Gasteiger partial charge in [-0.2, -0.15) is 4.98 Å². The molecule has 0 radical (unpaired) electrons. The number of piperazine rings is 1. The van der Waals surface area contributed by atoms with E-state index in [-0.39, 0.29) is 12.2 Å². The maximum atomic E-state index is 12.6. The summed E-state index contributed by atoms with van der Waals surface area (Å²) in [5.74, 6) is 2.22. The van der Waals surface area contributed by atoms with E-state index >= 15 is 0 Å². The number of amides is 1. The number of rotatable bonds is 5. The number of likely N-dealkylation sites (N-methyl/N-ethyl adjacent to an activating group) is 1. The minimum absolute atomic E-state index is 0.196. The Morgan fingerprint density at radius 1 is 1.08 bits per heavy atom. The number of hydrogen-bond acceptors (Lipinski definition) is 8. The fourth-order valence-corrected chi connectivity index (χ4v) is 5.36. The van der Waals surface area contributed by atoms with Crippen LogP contribution in [0, 0.1) is 0 Å². The Morgan fingerprint density at radius 3 is 2.38 bits per heavy atom. The molecule has 37 heavy (non-hydrogen) atoms. The molecule has 3 heterocycles. The van der Waals surface area contributed by atoms with Gasteiger partial charge in [-0.3, -0.25) is 0 Å². The standard InChI is InChI=1S/C26H36BrClN6O3/c1-26(2,3)37-25(35)33-12-10-32(11-13-33)23-18-14-19(28)20(27)22(36-17-6-7-17)21(18)29-24(30-23)34-9-8-16(15-34)31(4)5/h14,16-17H,6-13,15H2,1-5H3. The Balaban J connectivity index is 1.50. The Labute approximate surface area is 232 Å². The van der Waals surface area contributed by atoms with Gasteiger partial charge in [0.05, 0.1) is 15.6 Å². The summed E-state index contributed by atoms with van der Waals surface area (Å²) in [5.41, 5.74) is 0.250. The SMILES string of the molecule is CN(C)C1CCN(c2nc(N3CCN(C(=O)OC(C)(C)C)CC3)c3cc(Cl)c(Br)c(OC4CC4)c3n2)C1. The number of ether oxygens (including phenoxy) is 2. The van der Waals surface area contributed by atoms with Gasteiger partial charge in [0.15, 0.2) is 5.75 Å². The van der Waals surface area contributed by atoms with Crippen LogP contribution < -0.4 is 14.5 Å². The third kappa shape index (κ3) is 5.86. The van der Waals surface area contributed by atoms with Crippen molar-refractivity contribution in [1.29, 1.82) is 0 Å². The van der Waals surface area contributed by atoms with Crippen LogP contribution in [0.15, 0.2) is 10.5 Å². The quantitative estimate of drug-likeness (QED) is 0.489. The summed E-state index contributed by atoms with van der Waals surface area (Å²) in [6, 6.07) is 2.38. The fourth-order valence-electron chi connectivity index (χ4n) is 4.77. The molecule has 0 spiro atoms. The van der Waals surface area contributed by atoms with Gasteiger partial charge in [0, 0.05) is 50.7 Å². The first kappa shape index (κ1) is 26.6. The van der Waals surface area contributed by atoms with Crippen LogP contribution in [0.4, 0.5) is 16.6 Å². The van der Waals surface area contributed by atoms with Crippen molar-refractivity contribution in [2.45, 2.75) is 57.8 Å². The second-order valence-electron chi connectivity index (χ2n) is 11.4. The average molecular weight is 596 g/mol. The number of fused-ring (bicyclic) bond motifs is 1. The molecule has 2 aliphatic heterocycles. The number of nitrogens with zero attached hydrogens (tertiary/aromatic N) is 6. The first-order chi connectivity index (χ1) is 17.5. The summed E-state index contributed by atoms with van der Waals surface area (Å²) >= 11 is 10.3. The molecular formula is C26H36BrClN6O3.